The van der Waals surface area contributed by atoms with E-state index in [4.69, 9.17) is 5.26 Å². The Morgan fingerprint density at radius 1 is 1.26 bits per heavy atom. The Morgan fingerprint density at radius 3 is 2.81 bits per heavy atom. The zero-order chi connectivity index (χ0) is 18.8. The van der Waals surface area contributed by atoms with Gasteiger partial charge in [0.1, 0.15) is 5.82 Å². The second kappa shape index (κ2) is 7.79. The maximum Gasteiger partial charge on any atom is 0.226 e. The van der Waals surface area contributed by atoms with Crippen molar-refractivity contribution >= 4 is 17.2 Å². The fraction of sp³-hybridized carbons (Fsp3) is 0.429. The van der Waals surface area contributed by atoms with Crippen molar-refractivity contribution in [3.63, 3.8) is 0 Å². The van der Waals surface area contributed by atoms with Crippen LogP contribution in [-0.2, 0) is 24.3 Å². The Balaban J connectivity index is 1.31. The van der Waals surface area contributed by atoms with Crippen LogP contribution in [0.2, 0.25) is 0 Å². The molecule has 4 rings (SSSR count). The van der Waals surface area contributed by atoms with Crippen molar-refractivity contribution in [2.24, 2.45) is 5.92 Å². The van der Waals surface area contributed by atoms with Crippen LogP contribution in [0.1, 0.15) is 34.4 Å². The highest BCUT2D eigenvalue weighted by Crippen LogP contribution is 2.28. The van der Waals surface area contributed by atoms with Crippen LogP contribution in [-0.4, -0.2) is 35.3 Å². The van der Waals surface area contributed by atoms with Gasteiger partial charge in [0.25, 0.3) is 0 Å². The minimum absolute atomic E-state index is 0.0762. The largest absolute Gasteiger partial charge is 0.338 e. The second-order valence-electron chi connectivity index (χ2n) is 7.35. The Kier molecular flexibility index (Phi) is 5.24. The van der Waals surface area contributed by atoms with Gasteiger partial charge in [0.15, 0.2) is 0 Å². The monoisotopic (exact) mass is 383 g/mol. The highest BCUT2D eigenvalue weighted by molar-refractivity contribution is 7.10. The summed E-state index contributed by atoms with van der Waals surface area (Å²) in [5, 5.41) is 11.0. The zero-order valence-electron chi connectivity index (χ0n) is 15.2. The molecule has 27 heavy (non-hydrogen) atoms. The van der Waals surface area contributed by atoms with E-state index in [0.29, 0.717) is 17.7 Å². The number of amides is 1. The number of thiophene rings is 1. The van der Waals surface area contributed by atoms with Crippen molar-refractivity contribution in [1.82, 2.24) is 9.80 Å². The number of carbonyl (C=O) groups excluding carboxylic acids is 1. The lowest BCUT2D eigenvalue weighted by molar-refractivity contribution is -0.138. The third-order valence-electron chi connectivity index (χ3n) is 5.63. The summed E-state index contributed by atoms with van der Waals surface area (Å²) in [6.07, 6.45) is 2.61. The molecule has 1 saturated heterocycles. The Morgan fingerprint density at radius 2 is 2.07 bits per heavy atom. The van der Waals surface area contributed by atoms with Crippen molar-refractivity contribution in [1.29, 1.82) is 5.26 Å². The minimum Gasteiger partial charge on any atom is -0.338 e. The molecule has 0 radical (unpaired) electrons. The predicted octanol–water partition coefficient (Wildman–Crippen LogP) is 3.56. The van der Waals surface area contributed by atoms with Crippen molar-refractivity contribution < 1.29 is 9.18 Å². The normalized spacial score (nSPS) is 18.1. The molecule has 6 heteroatoms. The van der Waals surface area contributed by atoms with Gasteiger partial charge in [-0.2, -0.15) is 5.26 Å². The Labute approximate surface area is 162 Å². The van der Waals surface area contributed by atoms with Gasteiger partial charge in [-0.3, -0.25) is 9.69 Å². The number of rotatable bonds is 3. The number of nitriles is 1. The SMILES string of the molecule is N#Cc1ccc(CN2CCC(C(=O)N3CCc4sccc4C3)CC2)c(F)c1. The van der Waals surface area contributed by atoms with Crippen molar-refractivity contribution in [3.8, 4) is 6.07 Å². The van der Waals surface area contributed by atoms with E-state index in [0.717, 1.165) is 45.4 Å². The fourth-order valence-electron chi connectivity index (χ4n) is 4.02. The van der Waals surface area contributed by atoms with E-state index >= 15 is 0 Å². The van der Waals surface area contributed by atoms with Crippen LogP contribution >= 0.6 is 11.3 Å². The van der Waals surface area contributed by atoms with Crippen molar-refractivity contribution in [2.45, 2.75) is 32.4 Å². The van der Waals surface area contributed by atoms with Crippen LogP contribution in [0.25, 0.3) is 0 Å². The number of hydrogen-bond acceptors (Lipinski definition) is 4. The summed E-state index contributed by atoms with van der Waals surface area (Å²) in [6, 6.07) is 8.73. The molecule has 1 aromatic carbocycles. The zero-order valence-corrected chi connectivity index (χ0v) is 16.0. The number of carbonyl (C=O) groups is 1. The van der Waals surface area contributed by atoms with Gasteiger partial charge in [-0.25, -0.2) is 4.39 Å². The number of halogens is 1. The number of benzene rings is 1. The van der Waals surface area contributed by atoms with Gasteiger partial charge in [-0.1, -0.05) is 6.07 Å². The van der Waals surface area contributed by atoms with Gasteiger partial charge in [0, 0.05) is 36.0 Å². The summed E-state index contributed by atoms with van der Waals surface area (Å²) in [5.74, 6) is 0.0236. The summed E-state index contributed by atoms with van der Waals surface area (Å²) < 4.78 is 14.1. The first-order chi connectivity index (χ1) is 13.1. The minimum atomic E-state index is -0.327. The molecule has 2 aliphatic heterocycles. The average molecular weight is 383 g/mol. The van der Waals surface area contributed by atoms with Gasteiger partial charge in [-0.15, -0.1) is 11.3 Å². The third kappa shape index (κ3) is 3.90. The summed E-state index contributed by atoms with van der Waals surface area (Å²) in [6.45, 7) is 3.69. The Bertz CT molecular complexity index is 880. The number of nitrogens with zero attached hydrogens (tertiary/aromatic N) is 3. The van der Waals surface area contributed by atoms with E-state index in [1.807, 2.05) is 11.0 Å². The number of fused-ring (bicyclic) bond motifs is 1. The molecule has 0 unspecified atom stereocenters. The molecule has 0 bridgehead atoms. The van der Waals surface area contributed by atoms with Crippen molar-refractivity contribution in [2.75, 3.05) is 19.6 Å². The van der Waals surface area contributed by atoms with Crippen LogP contribution in [0, 0.1) is 23.1 Å². The van der Waals surface area contributed by atoms with Gasteiger partial charge in [-0.05, 0) is 61.5 Å². The molecule has 1 aromatic heterocycles. The third-order valence-corrected chi connectivity index (χ3v) is 6.66. The predicted molar refractivity (Wildman–Crippen MR) is 103 cm³/mol. The summed E-state index contributed by atoms with van der Waals surface area (Å²) >= 11 is 1.79. The molecule has 1 amide bonds. The molecule has 0 spiro atoms. The van der Waals surface area contributed by atoms with Crippen LogP contribution in [0.15, 0.2) is 29.6 Å². The summed E-state index contributed by atoms with van der Waals surface area (Å²) in [5.41, 5.74) is 2.25. The molecule has 140 valence electrons. The van der Waals surface area contributed by atoms with Gasteiger partial charge in [0.05, 0.1) is 11.6 Å². The maximum atomic E-state index is 14.1. The fourth-order valence-corrected chi connectivity index (χ4v) is 4.91. The summed E-state index contributed by atoms with van der Waals surface area (Å²) in [7, 11) is 0. The maximum absolute atomic E-state index is 14.1. The van der Waals surface area contributed by atoms with E-state index in [2.05, 4.69) is 16.3 Å². The topological polar surface area (TPSA) is 47.3 Å². The molecule has 0 atom stereocenters. The average Bonchev–Trinajstić information content (AvgIpc) is 3.17. The lowest BCUT2D eigenvalue weighted by atomic mass is 9.94. The lowest BCUT2D eigenvalue weighted by Gasteiger charge is -2.35. The molecule has 1 fully saturated rings. The van der Waals surface area contributed by atoms with E-state index < -0.39 is 0 Å². The van der Waals surface area contributed by atoms with Crippen molar-refractivity contribution in [3.05, 3.63) is 57.0 Å². The molecule has 4 nitrogen and oxygen atoms in total. The van der Waals surface area contributed by atoms with Crippen LogP contribution < -0.4 is 0 Å². The van der Waals surface area contributed by atoms with E-state index in [9.17, 15) is 9.18 Å². The van der Waals surface area contributed by atoms with Gasteiger partial charge >= 0.3 is 0 Å². The molecule has 2 aromatic rings. The molecule has 0 aliphatic carbocycles. The van der Waals surface area contributed by atoms with Gasteiger partial charge in [0.2, 0.25) is 5.91 Å². The van der Waals surface area contributed by atoms with Crippen LogP contribution in [0.4, 0.5) is 4.39 Å². The van der Waals surface area contributed by atoms with Crippen LogP contribution in [0.3, 0.4) is 0 Å². The number of piperidine rings is 1. The first kappa shape index (κ1) is 18.1. The molecular formula is C21H22FN3OS. The number of hydrogen-bond donors (Lipinski definition) is 0. The van der Waals surface area contributed by atoms with E-state index in [-0.39, 0.29) is 17.6 Å². The highest BCUT2D eigenvalue weighted by Gasteiger charge is 2.30. The van der Waals surface area contributed by atoms with E-state index in [1.165, 1.54) is 16.5 Å². The molecule has 0 saturated carbocycles. The standard InChI is InChI=1S/C21H22FN3OS/c22-19-11-15(12-23)1-2-17(19)13-24-7-3-16(4-8-24)21(26)25-9-5-20-18(14-25)6-10-27-20/h1-2,6,10-11,16H,3-5,7-9,13-14H2. The first-order valence-electron chi connectivity index (χ1n) is 9.39. The lowest BCUT2D eigenvalue weighted by Crippen LogP contribution is -2.44. The Hall–Kier alpha value is -2.23. The smallest absolute Gasteiger partial charge is 0.226 e. The number of likely N-dealkylation sites (tertiary alicyclic amines) is 1. The van der Waals surface area contributed by atoms with Crippen LogP contribution in [0.5, 0.6) is 0 Å². The molecule has 3 heterocycles. The molecule has 0 N–H and O–H groups in total. The quantitative estimate of drug-likeness (QED) is 0.814. The highest BCUT2D eigenvalue weighted by atomic mass is 32.1. The second-order valence-corrected chi connectivity index (χ2v) is 8.35. The first-order valence-corrected chi connectivity index (χ1v) is 10.3. The summed E-state index contributed by atoms with van der Waals surface area (Å²) in [4.78, 5) is 18.5. The van der Waals surface area contributed by atoms with E-state index in [1.54, 1.807) is 23.5 Å². The molecule has 2 aliphatic rings. The molecular weight excluding hydrogens is 361 g/mol. The van der Waals surface area contributed by atoms with Gasteiger partial charge < -0.3 is 4.90 Å².